The standard InChI is InChI=1S/C13H14N4O3/c1-15-11-7-10(16-13(14)17(11)19)12(18)20-8-9-5-3-2-4-6-9/h2-7,19H,8H2,1H3,(H2,14,16). The molecule has 0 aliphatic heterocycles. The summed E-state index contributed by atoms with van der Waals surface area (Å²) in [4.78, 5) is 19.4. The van der Waals surface area contributed by atoms with Crippen LogP contribution in [-0.4, -0.2) is 27.9 Å². The molecule has 1 aromatic heterocycles. The van der Waals surface area contributed by atoms with Gasteiger partial charge in [-0.3, -0.25) is 4.99 Å². The van der Waals surface area contributed by atoms with E-state index in [0.29, 0.717) is 4.73 Å². The van der Waals surface area contributed by atoms with Gasteiger partial charge >= 0.3 is 5.97 Å². The number of rotatable bonds is 3. The normalized spacial score (nSPS) is 11.3. The molecule has 0 saturated carbocycles. The van der Waals surface area contributed by atoms with Crippen molar-refractivity contribution in [1.82, 2.24) is 9.71 Å². The van der Waals surface area contributed by atoms with Crippen LogP contribution >= 0.6 is 0 Å². The molecule has 3 N–H and O–H groups in total. The molecule has 0 fully saturated rings. The van der Waals surface area contributed by atoms with E-state index < -0.39 is 5.97 Å². The topological polar surface area (TPSA) is 103 Å². The lowest BCUT2D eigenvalue weighted by molar-refractivity contribution is 0.0464. The van der Waals surface area contributed by atoms with Crippen LogP contribution in [0.15, 0.2) is 41.4 Å². The minimum Gasteiger partial charge on any atom is -0.456 e. The number of nitrogens with two attached hydrogens (primary N) is 1. The number of anilines is 1. The maximum atomic E-state index is 11.9. The van der Waals surface area contributed by atoms with Crippen molar-refractivity contribution < 1.29 is 14.7 Å². The van der Waals surface area contributed by atoms with Gasteiger partial charge in [0, 0.05) is 13.1 Å². The van der Waals surface area contributed by atoms with Gasteiger partial charge < -0.3 is 15.7 Å². The number of nitrogens with zero attached hydrogens (tertiary/aromatic N) is 3. The summed E-state index contributed by atoms with van der Waals surface area (Å²) in [6, 6.07) is 10.6. The van der Waals surface area contributed by atoms with Gasteiger partial charge in [-0.2, -0.15) is 0 Å². The van der Waals surface area contributed by atoms with Crippen molar-refractivity contribution in [2.45, 2.75) is 6.61 Å². The van der Waals surface area contributed by atoms with E-state index in [0.717, 1.165) is 5.56 Å². The van der Waals surface area contributed by atoms with Crippen LogP contribution < -0.4 is 11.2 Å². The van der Waals surface area contributed by atoms with E-state index in [4.69, 9.17) is 10.5 Å². The lowest BCUT2D eigenvalue weighted by atomic mass is 10.2. The Morgan fingerprint density at radius 2 is 2.15 bits per heavy atom. The molecule has 0 saturated heterocycles. The van der Waals surface area contributed by atoms with Crippen LogP contribution in [0.3, 0.4) is 0 Å². The van der Waals surface area contributed by atoms with Crippen LogP contribution in [0, 0.1) is 0 Å². The first kappa shape index (κ1) is 13.6. The zero-order valence-electron chi connectivity index (χ0n) is 10.9. The van der Waals surface area contributed by atoms with Crippen molar-refractivity contribution in [1.29, 1.82) is 0 Å². The number of aromatic nitrogens is 2. The molecular formula is C13H14N4O3. The number of benzene rings is 1. The van der Waals surface area contributed by atoms with Crippen LogP contribution in [0.5, 0.6) is 0 Å². The molecule has 0 amide bonds. The van der Waals surface area contributed by atoms with Gasteiger partial charge in [0.25, 0.3) is 0 Å². The molecule has 7 nitrogen and oxygen atoms in total. The fourth-order valence-corrected chi connectivity index (χ4v) is 1.56. The van der Waals surface area contributed by atoms with Crippen LogP contribution in [0.1, 0.15) is 16.1 Å². The molecule has 1 aromatic carbocycles. The molecular weight excluding hydrogens is 260 g/mol. The van der Waals surface area contributed by atoms with E-state index in [9.17, 15) is 10.0 Å². The average Bonchev–Trinajstić information content (AvgIpc) is 2.48. The number of carbonyl (C=O) groups is 1. The molecule has 0 atom stereocenters. The van der Waals surface area contributed by atoms with Gasteiger partial charge in [0.2, 0.25) is 5.95 Å². The van der Waals surface area contributed by atoms with Gasteiger partial charge in [-0.25, -0.2) is 9.78 Å². The molecule has 0 radical (unpaired) electrons. The summed E-state index contributed by atoms with van der Waals surface area (Å²) in [7, 11) is 1.46. The number of esters is 1. The highest BCUT2D eigenvalue weighted by molar-refractivity contribution is 5.87. The lowest BCUT2D eigenvalue weighted by Crippen LogP contribution is -2.25. The lowest BCUT2D eigenvalue weighted by Gasteiger charge is -2.07. The van der Waals surface area contributed by atoms with E-state index in [1.54, 1.807) is 0 Å². The Morgan fingerprint density at radius 1 is 1.45 bits per heavy atom. The smallest absolute Gasteiger partial charge is 0.357 e. The minimum atomic E-state index is -0.633. The largest absolute Gasteiger partial charge is 0.456 e. The molecule has 0 unspecified atom stereocenters. The summed E-state index contributed by atoms with van der Waals surface area (Å²) in [6.45, 7) is 0.133. The summed E-state index contributed by atoms with van der Waals surface area (Å²) in [5.74, 6) is -0.870. The molecule has 7 heteroatoms. The number of hydrogen-bond donors (Lipinski definition) is 2. The van der Waals surface area contributed by atoms with Crippen molar-refractivity contribution in [3.63, 3.8) is 0 Å². The molecule has 0 aliphatic carbocycles. The van der Waals surface area contributed by atoms with Crippen LogP contribution in [0.25, 0.3) is 0 Å². The van der Waals surface area contributed by atoms with Crippen molar-refractivity contribution in [3.8, 4) is 0 Å². The summed E-state index contributed by atoms with van der Waals surface area (Å²) >= 11 is 0. The first-order chi connectivity index (χ1) is 9.61. The third-order valence-corrected chi connectivity index (χ3v) is 2.59. The SMILES string of the molecule is CN=c1cc(C(=O)OCc2ccccc2)nc(N)n1O. The third kappa shape index (κ3) is 2.94. The molecule has 0 aliphatic rings. The van der Waals surface area contributed by atoms with Gasteiger partial charge in [0.05, 0.1) is 0 Å². The molecule has 0 bridgehead atoms. The number of carbonyl (C=O) groups excluding carboxylic acids is 1. The molecule has 104 valence electrons. The van der Waals surface area contributed by atoms with E-state index in [-0.39, 0.29) is 23.7 Å². The first-order valence-electron chi connectivity index (χ1n) is 5.84. The number of ether oxygens (including phenoxy) is 1. The Hall–Kier alpha value is -2.83. The van der Waals surface area contributed by atoms with Gasteiger partial charge in [-0.15, -0.1) is 4.73 Å². The zero-order chi connectivity index (χ0) is 14.5. The first-order valence-corrected chi connectivity index (χ1v) is 5.84. The Labute approximate surface area is 114 Å². The van der Waals surface area contributed by atoms with Crippen molar-refractivity contribution >= 4 is 11.9 Å². The third-order valence-electron chi connectivity index (χ3n) is 2.59. The maximum Gasteiger partial charge on any atom is 0.357 e. The summed E-state index contributed by atoms with van der Waals surface area (Å²) in [6.07, 6.45) is 0. The minimum absolute atomic E-state index is 0.00988. The van der Waals surface area contributed by atoms with Gasteiger partial charge in [-0.05, 0) is 5.56 Å². The van der Waals surface area contributed by atoms with E-state index in [2.05, 4.69) is 9.98 Å². The molecule has 2 rings (SSSR count). The summed E-state index contributed by atoms with van der Waals surface area (Å²) in [5, 5.41) is 9.49. The van der Waals surface area contributed by atoms with Crippen LogP contribution in [-0.2, 0) is 11.3 Å². The number of hydrogen-bond acceptors (Lipinski definition) is 6. The second-order valence-electron chi connectivity index (χ2n) is 3.95. The highest BCUT2D eigenvalue weighted by Crippen LogP contribution is 2.04. The predicted octanol–water partition coefficient (Wildman–Crippen LogP) is 0.590. The van der Waals surface area contributed by atoms with Gasteiger partial charge in [0.15, 0.2) is 11.2 Å². The average molecular weight is 274 g/mol. The van der Waals surface area contributed by atoms with Gasteiger partial charge in [0.1, 0.15) is 6.61 Å². The van der Waals surface area contributed by atoms with Gasteiger partial charge in [-0.1, -0.05) is 30.3 Å². The van der Waals surface area contributed by atoms with E-state index in [1.807, 2.05) is 30.3 Å². The van der Waals surface area contributed by atoms with E-state index >= 15 is 0 Å². The highest BCUT2D eigenvalue weighted by atomic mass is 16.5. The zero-order valence-corrected chi connectivity index (χ0v) is 10.9. The van der Waals surface area contributed by atoms with Crippen molar-refractivity contribution in [3.05, 3.63) is 53.1 Å². The Bertz CT molecular complexity index is 680. The van der Waals surface area contributed by atoms with E-state index in [1.165, 1.54) is 13.1 Å². The fourth-order valence-electron chi connectivity index (χ4n) is 1.56. The molecule has 1 heterocycles. The predicted molar refractivity (Wildman–Crippen MR) is 70.9 cm³/mol. The molecule has 2 aromatic rings. The highest BCUT2D eigenvalue weighted by Gasteiger charge is 2.12. The Balaban J connectivity index is 2.16. The summed E-state index contributed by atoms with van der Waals surface area (Å²) in [5.41, 5.74) is 6.44. The van der Waals surface area contributed by atoms with Crippen molar-refractivity contribution in [2.75, 3.05) is 12.8 Å². The maximum absolute atomic E-state index is 11.9. The van der Waals surface area contributed by atoms with Crippen LogP contribution in [0.4, 0.5) is 5.95 Å². The molecule has 0 spiro atoms. The fraction of sp³-hybridized carbons (Fsp3) is 0.154. The van der Waals surface area contributed by atoms with Crippen LogP contribution in [0.2, 0.25) is 0 Å². The summed E-state index contributed by atoms with van der Waals surface area (Å²) < 4.78 is 5.71. The molecule has 20 heavy (non-hydrogen) atoms. The van der Waals surface area contributed by atoms with Crippen molar-refractivity contribution in [2.24, 2.45) is 4.99 Å². The number of nitrogen functional groups attached to an aromatic ring is 1. The monoisotopic (exact) mass is 274 g/mol. The second-order valence-corrected chi connectivity index (χ2v) is 3.95. The quantitative estimate of drug-likeness (QED) is 0.630. The Kier molecular flexibility index (Phi) is 3.99. The Morgan fingerprint density at radius 3 is 2.80 bits per heavy atom. The second kappa shape index (κ2) is 5.87.